The first kappa shape index (κ1) is 33.3. The van der Waals surface area contributed by atoms with Crippen LogP contribution in [0.5, 0.6) is 5.75 Å². The quantitative estimate of drug-likeness (QED) is 0.381. The highest BCUT2D eigenvalue weighted by atomic mass is 32.2. The van der Waals surface area contributed by atoms with Gasteiger partial charge in [0.15, 0.2) is 0 Å². The number of hydrogen-bond donors (Lipinski definition) is 2. The zero-order valence-electron chi connectivity index (χ0n) is 27.0. The predicted octanol–water partition coefficient (Wildman–Crippen LogP) is 5.35. The van der Waals surface area contributed by atoms with Gasteiger partial charge in [0, 0.05) is 36.5 Å². The fourth-order valence-electron chi connectivity index (χ4n) is 6.83. The first-order valence-corrected chi connectivity index (χ1v) is 17.6. The van der Waals surface area contributed by atoms with E-state index in [1.807, 2.05) is 31.9 Å². The number of alkyl halides is 1. The first-order chi connectivity index (χ1) is 20.9. The summed E-state index contributed by atoms with van der Waals surface area (Å²) in [6.07, 6.45) is 5.30. The van der Waals surface area contributed by atoms with Gasteiger partial charge in [-0.3, -0.25) is 19.2 Å². The van der Waals surface area contributed by atoms with Crippen LogP contribution < -0.4 is 14.8 Å². The average molecular weight is 646 g/mol. The fraction of sp³-hybridized carbons (Fsp3) is 0.588. The van der Waals surface area contributed by atoms with Crippen LogP contribution in [-0.2, 0) is 25.0 Å². The SMILES string of the molecule is CN1C[C@@](F)(C(=O)N[C@@H]2CC[C@@H](Oc3ccc(C(C)(C)C(=O)NS(C)(=O)=O)cc3-c3cccc(F)c3C3CCC3)C2)CC1(C)C. The largest absolute Gasteiger partial charge is 0.490 e. The van der Waals surface area contributed by atoms with Crippen LogP contribution in [0.2, 0.25) is 0 Å². The van der Waals surface area contributed by atoms with E-state index < -0.39 is 38.5 Å². The summed E-state index contributed by atoms with van der Waals surface area (Å²) in [6, 6.07) is 9.97. The van der Waals surface area contributed by atoms with Gasteiger partial charge in [-0.05, 0) is 101 Å². The Morgan fingerprint density at radius 3 is 2.38 bits per heavy atom. The molecular formula is C34H45F2N3O5S. The number of halogens is 2. The smallest absolute Gasteiger partial charge is 0.259 e. The molecule has 0 unspecified atom stereocenters. The lowest BCUT2D eigenvalue weighted by Crippen LogP contribution is -2.48. The molecule has 0 radical (unpaired) electrons. The maximum Gasteiger partial charge on any atom is 0.259 e. The van der Waals surface area contributed by atoms with Gasteiger partial charge < -0.3 is 10.1 Å². The topological polar surface area (TPSA) is 105 Å². The molecule has 1 heterocycles. The van der Waals surface area contributed by atoms with Crippen molar-refractivity contribution < 1.29 is 31.5 Å². The predicted molar refractivity (Wildman–Crippen MR) is 170 cm³/mol. The van der Waals surface area contributed by atoms with Crippen molar-refractivity contribution in [2.45, 2.75) is 107 Å². The van der Waals surface area contributed by atoms with E-state index in [0.717, 1.165) is 25.5 Å². The van der Waals surface area contributed by atoms with Crippen LogP contribution in [0.15, 0.2) is 36.4 Å². The highest BCUT2D eigenvalue weighted by Crippen LogP contribution is 2.46. The van der Waals surface area contributed by atoms with Crippen LogP contribution in [-0.4, -0.2) is 68.3 Å². The van der Waals surface area contributed by atoms with Crippen molar-refractivity contribution >= 4 is 21.8 Å². The van der Waals surface area contributed by atoms with E-state index in [9.17, 15) is 18.0 Å². The molecule has 2 aliphatic carbocycles. The molecule has 2 amide bonds. The van der Waals surface area contributed by atoms with Crippen LogP contribution in [0, 0.1) is 5.82 Å². The van der Waals surface area contributed by atoms with E-state index in [-0.39, 0.29) is 36.8 Å². The molecule has 2 aromatic carbocycles. The maximum absolute atomic E-state index is 15.7. The molecule has 1 aliphatic heterocycles. The van der Waals surface area contributed by atoms with Gasteiger partial charge in [-0.1, -0.05) is 24.6 Å². The lowest BCUT2D eigenvalue weighted by molar-refractivity contribution is -0.133. The maximum atomic E-state index is 15.7. The summed E-state index contributed by atoms with van der Waals surface area (Å²) in [5.41, 5.74) is -1.15. The molecule has 3 fully saturated rings. The highest BCUT2D eigenvalue weighted by Gasteiger charge is 2.53. The molecular weight excluding hydrogens is 600 g/mol. The highest BCUT2D eigenvalue weighted by molar-refractivity contribution is 7.89. The summed E-state index contributed by atoms with van der Waals surface area (Å²) >= 11 is 0. The fourth-order valence-corrected chi connectivity index (χ4v) is 7.43. The van der Waals surface area contributed by atoms with Crippen LogP contribution in [0.4, 0.5) is 8.78 Å². The number of amides is 2. The van der Waals surface area contributed by atoms with Crippen molar-refractivity contribution in [3.63, 3.8) is 0 Å². The molecule has 3 aliphatic rings. The minimum absolute atomic E-state index is 0.0453. The van der Waals surface area contributed by atoms with Gasteiger partial charge in [0.1, 0.15) is 17.7 Å². The van der Waals surface area contributed by atoms with Gasteiger partial charge in [0.05, 0.1) is 11.7 Å². The van der Waals surface area contributed by atoms with Crippen molar-refractivity contribution in [1.29, 1.82) is 0 Å². The number of carbonyl (C=O) groups excluding carboxylic acids is 2. The summed E-state index contributed by atoms with van der Waals surface area (Å²) in [5, 5.41) is 2.92. The van der Waals surface area contributed by atoms with E-state index in [2.05, 4.69) is 10.0 Å². The van der Waals surface area contributed by atoms with Crippen molar-refractivity contribution in [3.8, 4) is 16.9 Å². The Balaban J connectivity index is 1.42. The second-order valence-corrected chi connectivity index (χ2v) is 16.2. The van der Waals surface area contributed by atoms with E-state index in [1.54, 1.807) is 38.1 Å². The van der Waals surface area contributed by atoms with E-state index in [0.29, 0.717) is 47.3 Å². The molecule has 0 bridgehead atoms. The zero-order valence-corrected chi connectivity index (χ0v) is 27.8. The molecule has 5 rings (SSSR count). The molecule has 3 atom stereocenters. The average Bonchev–Trinajstić information content (AvgIpc) is 3.43. The number of rotatable bonds is 9. The van der Waals surface area contributed by atoms with Gasteiger partial charge in [-0.2, -0.15) is 0 Å². The van der Waals surface area contributed by atoms with Gasteiger partial charge >= 0.3 is 0 Å². The van der Waals surface area contributed by atoms with Crippen molar-refractivity contribution in [3.05, 3.63) is 53.3 Å². The van der Waals surface area contributed by atoms with E-state index >= 15 is 8.78 Å². The lowest BCUT2D eigenvalue weighted by Gasteiger charge is -2.30. The minimum atomic E-state index is -3.78. The second-order valence-electron chi connectivity index (χ2n) is 14.4. The minimum Gasteiger partial charge on any atom is -0.490 e. The van der Waals surface area contributed by atoms with Crippen LogP contribution in [0.3, 0.4) is 0 Å². The third kappa shape index (κ3) is 6.89. The standard InChI is InChI=1S/C34H45F2N3O5S/c1-32(2)19-34(36,20-39(32)5)31(41)37-23-14-15-24(18-23)44-28-16-13-22(33(3,4)30(40)38-45(6,42)43)17-26(28)25-11-8-12-27(35)29(25)21-9-7-10-21/h8,11-13,16-17,21,23-24H,7,9-10,14-15,18-20H2,1-6H3,(H,37,41)(H,38,40)/t23-,24-,34-/m1/s1. The number of nitrogens with one attached hydrogen (secondary N) is 2. The summed E-state index contributed by atoms with van der Waals surface area (Å²) in [4.78, 5) is 27.9. The number of carbonyl (C=O) groups is 2. The monoisotopic (exact) mass is 645 g/mol. The molecule has 8 nitrogen and oxygen atoms in total. The van der Waals surface area contributed by atoms with Gasteiger partial charge in [0.2, 0.25) is 21.6 Å². The van der Waals surface area contributed by atoms with Crippen molar-refractivity contribution in [2.24, 2.45) is 0 Å². The lowest BCUT2D eigenvalue weighted by atomic mass is 9.76. The molecule has 2 aromatic rings. The normalized spacial score (nSPS) is 25.5. The Labute approximate surface area is 265 Å². The number of ether oxygens (including phenoxy) is 1. The van der Waals surface area contributed by atoms with Crippen molar-refractivity contribution in [1.82, 2.24) is 14.9 Å². The second kappa shape index (κ2) is 12.0. The first-order valence-electron chi connectivity index (χ1n) is 15.7. The number of benzene rings is 2. The third-order valence-corrected chi connectivity index (χ3v) is 10.6. The molecule has 2 N–H and O–H groups in total. The summed E-state index contributed by atoms with van der Waals surface area (Å²) in [5.74, 6) is -0.998. The molecule has 2 saturated carbocycles. The Morgan fingerprint density at radius 2 is 1.78 bits per heavy atom. The summed E-state index contributed by atoms with van der Waals surface area (Å²) in [7, 11) is -1.96. The number of nitrogens with zero attached hydrogens (tertiary/aromatic N) is 1. The third-order valence-electron chi connectivity index (χ3n) is 10.1. The molecule has 0 aromatic heterocycles. The number of hydrogen-bond acceptors (Lipinski definition) is 6. The Morgan fingerprint density at radius 1 is 1.07 bits per heavy atom. The van der Waals surface area contributed by atoms with Crippen LogP contribution in [0.25, 0.3) is 11.1 Å². The molecule has 45 heavy (non-hydrogen) atoms. The van der Waals surface area contributed by atoms with Gasteiger partial charge in [0.25, 0.3) is 5.91 Å². The summed E-state index contributed by atoms with van der Waals surface area (Å²) in [6.45, 7) is 7.17. The number of likely N-dealkylation sites (tertiary alicyclic amines) is 1. The molecule has 11 heteroatoms. The molecule has 1 saturated heterocycles. The van der Waals surface area contributed by atoms with Gasteiger partial charge in [-0.15, -0.1) is 0 Å². The zero-order chi connectivity index (χ0) is 32.9. The van der Waals surface area contributed by atoms with Crippen LogP contribution >= 0.6 is 0 Å². The van der Waals surface area contributed by atoms with E-state index in [1.165, 1.54) is 6.07 Å². The van der Waals surface area contributed by atoms with Gasteiger partial charge in [-0.25, -0.2) is 17.2 Å². The van der Waals surface area contributed by atoms with Crippen LogP contribution in [0.1, 0.15) is 89.7 Å². The Kier molecular flexibility index (Phi) is 8.85. The van der Waals surface area contributed by atoms with Crippen molar-refractivity contribution in [2.75, 3.05) is 19.8 Å². The molecule has 0 spiro atoms. The Hall–Kier alpha value is -3.05. The Bertz CT molecular complexity index is 1590. The number of sulfonamides is 1. The van der Waals surface area contributed by atoms with E-state index in [4.69, 9.17) is 4.74 Å². The summed E-state index contributed by atoms with van der Waals surface area (Å²) < 4.78 is 63.3. The molecule has 246 valence electrons.